The van der Waals surface area contributed by atoms with E-state index in [2.05, 4.69) is 13.8 Å². The van der Waals surface area contributed by atoms with Crippen LogP contribution in [0.1, 0.15) is 58.8 Å². The average molecular weight is 180 g/mol. The minimum Gasteiger partial charge on any atom is -0.0651 e. The largest absolute Gasteiger partial charge is 0.0651 e. The van der Waals surface area contributed by atoms with Gasteiger partial charge in [0.15, 0.2) is 0 Å². The molecule has 0 amide bonds. The molecule has 2 aliphatic carbocycles. The first-order valence-corrected chi connectivity index (χ1v) is 6.31. The van der Waals surface area contributed by atoms with E-state index in [1.54, 1.807) is 19.3 Å². The van der Waals surface area contributed by atoms with Gasteiger partial charge in [0.05, 0.1) is 0 Å². The molecule has 0 spiro atoms. The van der Waals surface area contributed by atoms with Gasteiger partial charge >= 0.3 is 0 Å². The van der Waals surface area contributed by atoms with Gasteiger partial charge in [0.2, 0.25) is 0 Å². The Hall–Kier alpha value is 0. The average Bonchev–Trinajstić information content (AvgIpc) is 2.41. The van der Waals surface area contributed by atoms with Crippen LogP contribution in [-0.4, -0.2) is 0 Å². The van der Waals surface area contributed by atoms with E-state index in [0.717, 1.165) is 23.7 Å². The second-order valence-electron chi connectivity index (χ2n) is 5.42. The van der Waals surface area contributed by atoms with E-state index in [4.69, 9.17) is 0 Å². The Bertz CT molecular complexity index is 161. The lowest BCUT2D eigenvalue weighted by molar-refractivity contribution is 0.273. The van der Waals surface area contributed by atoms with E-state index in [-0.39, 0.29) is 0 Å². The topological polar surface area (TPSA) is 0 Å². The summed E-state index contributed by atoms with van der Waals surface area (Å²) >= 11 is 0. The molecule has 0 aliphatic heterocycles. The Morgan fingerprint density at radius 2 is 1.92 bits per heavy atom. The number of rotatable bonds is 1. The summed E-state index contributed by atoms with van der Waals surface area (Å²) in [6.07, 6.45) is 10.6. The van der Waals surface area contributed by atoms with E-state index >= 15 is 0 Å². The number of fused-ring (bicyclic) bond motifs is 1. The predicted molar refractivity (Wildman–Crippen MR) is 57.6 cm³/mol. The molecule has 0 nitrogen and oxygen atoms in total. The smallest absolute Gasteiger partial charge is 0.0357 e. The van der Waals surface area contributed by atoms with Gasteiger partial charge in [0.25, 0.3) is 0 Å². The van der Waals surface area contributed by atoms with Gasteiger partial charge < -0.3 is 0 Å². The molecular weight excluding hydrogens is 156 g/mol. The maximum absolute atomic E-state index is 2.49. The summed E-state index contributed by atoms with van der Waals surface area (Å²) < 4.78 is 0. The van der Waals surface area contributed by atoms with Gasteiger partial charge in [0, 0.05) is 0 Å². The summed E-state index contributed by atoms with van der Waals surface area (Å²) in [5.74, 6) is 4.33. The first-order chi connectivity index (χ1) is 6.31. The highest BCUT2D eigenvalue weighted by atomic mass is 14.4. The Labute approximate surface area is 83.1 Å². The Kier molecular flexibility index (Phi) is 2.96. The van der Waals surface area contributed by atoms with Crippen molar-refractivity contribution in [2.24, 2.45) is 23.7 Å². The lowest BCUT2D eigenvalue weighted by atomic mass is 9.83. The summed E-state index contributed by atoms with van der Waals surface area (Å²) in [5.41, 5.74) is 0. The van der Waals surface area contributed by atoms with Crippen molar-refractivity contribution in [3.05, 3.63) is 0 Å². The monoisotopic (exact) mass is 180 g/mol. The molecule has 76 valence electrons. The van der Waals surface area contributed by atoms with Crippen LogP contribution in [0.3, 0.4) is 0 Å². The van der Waals surface area contributed by atoms with Crippen molar-refractivity contribution in [2.45, 2.75) is 58.8 Å². The molecular formula is C13H24. The van der Waals surface area contributed by atoms with Crippen LogP contribution in [0.5, 0.6) is 0 Å². The Morgan fingerprint density at radius 3 is 2.69 bits per heavy atom. The zero-order valence-electron chi connectivity index (χ0n) is 9.26. The van der Waals surface area contributed by atoms with Crippen molar-refractivity contribution in [2.75, 3.05) is 0 Å². The molecule has 0 radical (unpaired) electrons. The van der Waals surface area contributed by atoms with E-state index in [1.807, 2.05) is 0 Å². The highest BCUT2D eigenvalue weighted by Crippen LogP contribution is 2.46. The van der Waals surface area contributed by atoms with E-state index in [0.29, 0.717) is 0 Å². The van der Waals surface area contributed by atoms with Crippen LogP contribution >= 0.6 is 0 Å². The molecule has 2 aliphatic rings. The van der Waals surface area contributed by atoms with Crippen LogP contribution in [0, 0.1) is 23.7 Å². The quantitative estimate of drug-likeness (QED) is 0.566. The van der Waals surface area contributed by atoms with Crippen LogP contribution < -0.4 is 0 Å². The molecule has 3 unspecified atom stereocenters. The SMILES string of the molecule is CCC1CCCC2CCC(C)[C@@H]2C1. The second-order valence-corrected chi connectivity index (χ2v) is 5.42. The van der Waals surface area contributed by atoms with Crippen molar-refractivity contribution in [1.29, 1.82) is 0 Å². The van der Waals surface area contributed by atoms with Gasteiger partial charge in [-0.3, -0.25) is 0 Å². The maximum Gasteiger partial charge on any atom is -0.0357 e. The van der Waals surface area contributed by atoms with Crippen LogP contribution in [-0.2, 0) is 0 Å². The van der Waals surface area contributed by atoms with Gasteiger partial charge in [-0.1, -0.05) is 46.0 Å². The van der Waals surface area contributed by atoms with Gasteiger partial charge in [-0.2, -0.15) is 0 Å². The van der Waals surface area contributed by atoms with Crippen molar-refractivity contribution in [1.82, 2.24) is 0 Å². The third kappa shape index (κ3) is 1.92. The van der Waals surface area contributed by atoms with E-state index < -0.39 is 0 Å². The zero-order valence-corrected chi connectivity index (χ0v) is 9.26. The van der Waals surface area contributed by atoms with Crippen molar-refractivity contribution in [3.63, 3.8) is 0 Å². The molecule has 0 heteroatoms. The van der Waals surface area contributed by atoms with Crippen LogP contribution in [0.4, 0.5) is 0 Å². The van der Waals surface area contributed by atoms with Crippen molar-refractivity contribution >= 4 is 0 Å². The Balaban J connectivity index is 2.00. The summed E-state index contributed by atoms with van der Waals surface area (Å²) in [4.78, 5) is 0. The fourth-order valence-corrected chi connectivity index (χ4v) is 3.70. The normalized spacial score (nSPS) is 45.7. The fourth-order valence-electron chi connectivity index (χ4n) is 3.70. The zero-order chi connectivity index (χ0) is 9.26. The van der Waals surface area contributed by atoms with Crippen molar-refractivity contribution < 1.29 is 0 Å². The molecule has 0 aromatic carbocycles. The third-order valence-electron chi connectivity index (χ3n) is 4.70. The minimum atomic E-state index is 1.04. The van der Waals surface area contributed by atoms with E-state index in [9.17, 15) is 0 Å². The highest BCUT2D eigenvalue weighted by molar-refractivity contribution is 4.86. The van der Waals surface area contributed by atoms with Crippen LogP contribution in [0.2, 0.25) is 0 Å². The first-order valence-electron chi connectivity index (χ1n) is 6.31. The maximum atomic E-state index is 2.49. The number of hydrogen-bond acceptors (Lipinski definition) is 0. The molecule has 2 saturated carbocycles. The fraction of sp³-hybridized carbons (Fsp3) is 1.00. The molecule has 0 N–H and O–H groups in total. The van der Waals surface area contributed by atoms with Crippen LogP contribution in [0.25, 0.3) is 0 Å². The second kappa shape index (κ2) is 4.02. The molecule has 4 atom stereocenters. The lowest BCUT2D eigenvalue weighted by Gasteiger charge is -2.22. The third-order valence-corrected chi connectivity index (χ3v) is 4.70. The highest BCUT2D eigenvalue weighted by Gasteiger charge is 2.35. The summed E-state index contributed by atoms with van der Waals surface area (Å²) in [7, 11) is 0. The number of hydrogen-bond donors (Lipinski definition) is 0. The summed E-state index contributed by atoms with van der Waals surface area (Å²) in [6.45, 7) is 4.87. The molecule has 13 heavy (non-hydrogen) atoms. The molecule has 2 fully saturated rings. The first kappa shape index (κ1) is 9.55. The van der Waals surface area contributed by atoms with Crippen LogP contribution in [0.15, 0.2) is 0 Å². The molecule has 0 bridgehead atoms. The Morgan fingerprint density at radius 1 is 1.08 bits per heavy atom. The summed E-state index contributed by atoms with van der Waals surface area (Å²) in [6, 6.07) is 0. The molecule has 0 aromatic heterocycles. The van der Waals surface area contributed by atoms with Gasteiger partial charge in [-0.25, -0.2) is 0 Å². The molecule has 0 heterocycles. The van der Waals surface area contributed by atoms with E-state index in [1.165, 1.54) is 25.7 Å². The lowest BCUT2D eigenvalue weighted by Crippen LogP contribution is -2.14. The van der Waals surface area contributed by atoms with Crippen molar-refractivity contribution in [3.8, 4) is 0 Å². The molecule has 0 saturated heterocycles. The van der Waals surface area contributed by atoms with Gasteiger partial charge in [0.1, 0.15) is 0 Å². The predicted octanol–water partition coefficient (Wildman–Crippen LogP) is 4.25. The minimum absolute atomic E-state index is 1.04. The van der Waals surface area contributed by atoms with Gasteiger partial charge in [-0.15, -0.1) is 0 Å². The van der Waals surface area contributed by atoms with Gasteiger partial charge in [-0.05, 0) is 36.5 Å². The standard InChI is InChI=1S/C13H24/c1-3-11-5-4-6-12-8-7-10(2)13(12)9-11/h10-13H,3-9H2,1-2H3/t10?,11?,12?,13-/m0/s1. The molecule has 0 aromatic rings. The molecule has 2 rings (SSSR count). The summed E-state index contributed by atoms with van der Waals surface area (Å²) in [5, 5.41) is 0.